The second-order valence-electron chi connectivity index (χ2n) is 5.28. The van der Waals surface area contributed by atoms with E-state index in [-0.39, 0.29) is 17.5 Å². The van der Waals surface area contributed by atoms with E-state index in [2.05, 4.69) is 5.32 Å². The first kappa shape index (κ1) is 17.3. The van der Waals surface area contributed by atoms with Gasteiger partial charge in [0.25, 0.3) is 5.91 Å². The molecule has 0 saturated heterocycles. The average molecular weight is 320 g/mol. The summed E-state index contributed by atoms with van der Waals surface area (Å²) in [6, 6.07) is 18.7. The van der Waals surface area contributed by atoms with Crippen LogP contribution in [-0.2, 0) is 4.79 Å². The van der Waals surface area contributed by atoms with Crippen LogP contribution in [-0.4, -0.2) is 12.5 Å². The van der Waals surface area contributed by atoms with E-state index in [0.717, 1.165) is 16.9 Å². The maximum absolute atomic E-state index is 12.3. The van der Waals surface area contributed by atoms with Crippen molar-refractivity contribution in [1.82, 2.24) is 5.32 Å². The quantitative estimate of drug-likeness (QED) is 0.649. The Morgan fingerprint density at radius 1 is 1.21 bits per heavy atom. The minimum absolute atomic E-state index is 0.0712. The molecule has 1 unspecified atom stereocenters. The molecule has 2 aromatic carbocycles. The highest BCUT2D eigenvalue weighted by atomic mass is 16.5. The van der Waals surface area contributed by atoms with Crippen LogP contribution in [0.3, 0.4) is 0 Å². The summed E-state index contributed by atoms with van der Waals surface area (Å²) in [6.45, 7) is 4.40. The fraction of sp³-hybridized carbons (Fsp3) is 0.200. The highest BCUT2D eigenvalue weighted by molar-refractivity contribution is 6.01. The smallest absolute Gasteiger partial charge is 0.262 e. The molecule has 0 bridgehead atoms. The molecule has 1 atom stereocenters. The van der Waals surface area contributed by atoms with E-state index in [1.54, 1.807) is 6.08 Å². The first-order valence-electron chi connectivity index (χ1n) is 7.84. The largest absolute Gasteiger partial charge is 0.494 e. The van der Waals surface area contributed by atoms with Gasteiger partial charge in [0.2, 0.25) is 0 Å². The van der Waals surface area contributed by atoms with Crippen LogP contribution in [0.25, 0.3) is 6.08 Å². The van der Waals surface area contributed by atoms with Crippen molar-refractivity contribution in [2.45, 2.75) is 19.9 Å². The van der Waals surface area contributed by atoms with Gasteiger partial charge < -0.3 is 10.1 Å². The fourth-order valence-electron chi connectivity index (χ4n) is 2.24. The van der Waals surface area contributed by atoms with Crippen LogP contribution in [0.1, 0.15) is 31.0 Å². The standard InChI is InChI=1S/C20H20N2O2/c1-3-24-19-11-9-16(10-12-19)13-18(14-21)20(23)22-15(2)17-7-5-4-6-8-17/h4-13,15H,3H2,1-2H3,(H,22,23). The zero-order chi connectivity index (χ0) is 17.4. The molecule has 0 aliphatic carbocycles. The summed E-state index contributed by atoms with van der Waals surface area (Å²) in [5.74, 6) is 0.373. The van der Waals surface area contributed by atoms with Gasteiger partial charge in [-0.05, 0) is 43.2 Å². The number of amides is 1. The van der Waals surface area contributed by atoms with Crippen LogP contribution in [0.15, 0.2) is 60.2 Å². The Bertz CT molecular complexity index is 743. The molecular formula is C20H20N2O2. The van der Waals surface area contributed by atoms with Crippen molar-refractivity contribution in [3.05, 3.63) is 71.3 Å². The topological polar surface area (TPSA) is 62.1 Å². The Labute approximate surface area is 142 Å². The zero-order valence-electron chi connectivity index (χ0n) is 13.8. The molecule has 4 nitrogen and oxygen atoms in total. The van der Waals surface area contributed by atoms with Gasteiger partial charge in [-0.25, -0.2) is 0 Å². The molecule has 1 N–H and O–H groups in total. The summed E-state index contributed by atoms with van der Waals surface area (Å²) < 4.78 is 5.38. The van der Waals surface area contributed by atoms with E-state index in [9.17, 15) is 10.1 Å². The number of hydrogen-bond acceptors (Lipinski definition) is 3. The summed E-state index contributed by atoms with van der Waals surface area (Å²) >= 11 is 0. The van der Waals surface area contributed by atoms with Crippen LogP contribution >= 0.6 is 0 Å². The third-order valence-corrected chi connectivity index (χ3v) is 3.51. The maximum Gasteiger partial charge on any atom is 0.262 e. The van der Waals surface area contributed by atoms with Crippen molar-refractivity contribution in [1.29, 1.82) is 5.26 Å². The first-order valence-corrected chi connectivity index (χ1v) is 7.84. The molecule has 0 aromatic heterocycles. The normalized spacial score (nSPS) is 12.1. The van der Waals surface area contributed by atoms with Crippen molar-refractivity contribution in [3.8, 4) is 11.8 Å². The highest BCUT2D eigenvalue weighted by Crippen LogP contribution is 2.16. The Hall–Kier alpha value is -3.06. The second-order valence-corrected chi connectivity index (χ2v) is 5.28. The lowest BCUT2D eigenvalue weighted by molar-refractivity contribution is -0.117. The number of carbonyl (C=O) groups excluding carboxylic acids is 1. The highest BCUT2D eigenvalue weighted by Gasteiger charge is 2.13. The number of ether oxygens (including phenoxy) is 1. The molecule has 0 saturated carbocycles. The molecule has 0 aliphatic heterocycles. The van der Waals surface area contributed by atoms with Gasteiger partial charge in [-0.3, -0.25) is 4.79 Å². The number of hydrogen-bond donors (Lipinski definition) is 1. The molecule has 0 spiro atoms. The van der Waals surface area contributed by atoms with Crippen molar-refractivity contribution in [2.24, 2.45) is 0 Å². The van der Waals surface area contributed by atoms with Crippen LogP contribution in [0.4, 0.5) is 0 Å². The lowest BCUT2D eigenvalue weighted by atomic mass is 10.1. The third kappa shape index (κ3) is 4.72. The molecule has 2 rings (SSSR count). The van der Waals surface area contributed by atoms with Crippen molar-refractivity contribution in [3.63, 3.8) is 0 Å². The van der Waals surface area contributed by atoms with Crippen LogP contribution in [0, 0.1) is 11.3 Å². The minimum atomic E-state index is -0.386. The molecule has 24 heavy (non-hydrogen) atoms. The van der Waals surface area contributed by atoms with Gasteiger partial charge in [0, 0.05) is 0 Å². The lowest BCUT2D eigenvalue weighted by Crippen LogP contribution is -2.27. The van der Waals surface area contributed by atoms with Gasteiger partial charge in [0.1, 0.15) is 17.4 Å². The van der Waals surface area contributed by atoms with Crippen LogP contribution in [0.5, 0.6) is 5.75 Å². The fourth-order valence-corrected chi connectivity index (χ4v) is 2.24. The Morgan fingerprint density at radius 2 is 1.88 bits per heavy atom. The van der Waals surface area contributed by atoms with Crippen molar-refractivity contribution < 1.29 is 9.53 Å². The number of nitrogens with zero attached hydrogens (tertiary/aromatic N) is 1. The van der Waals surface area contributed by atoms with Gasteiger partial charge in [-0.1, -0.05) is 42.5 Å². The monoisotopic (exact) mass is 320 g/mol. The number of nitrogens with one attached hydrogen (secondary N) is 1. The van der Waals surface area contributed by atoms with E-state index < -0.39 is 0 Å². The number of nitriles is 1. The summed E-state index contributed by atoms with van der Waals surface area (Å²) in [5.41, 5.74) is 1.84. The molecule has 4 heteroatoms. The van der Waals surface area contributed by atoms with Crippen molar-refractivity contribution >= 4 is 12.0 Å². The third-order valence-electron chi connectivity index (χ3n) is 3.51. The SMILES string of the molecule is CCOc1ccc(C=C(C#N)C(=O)NC(C)c2ccccc2)cc1. The maximum atomic E-state index is 12.3. The summed E-state index contributed by atoms with van der Waals surface area (Å²) in [6.07, 6.45) is 1.57. The predicted octanol–water partition coefficient (Wildman–Crippen LogP) is 3.87. The van der Waals surface area contributed by atoms with Gasteiger partial charge in [-0.2, -0.15) is 5.26 Å². The number of benzene rings is 2. The van der Waals surface area contributed by atoms with E-state index in [0.29, 0.717) is 6.61 Å². The van der Waals surface area contributed by atoms with Gasteiger partial charge in [0.05, 0.1) is 12.6 Å². The van der Waals surface area contributed by atoms with Gasteiger partial charge in [0.15, 0.2) is 0 Å². The Balaban J connectivity index is 2.09. The lowest BCUT2D eigenvalue weighted by Gasteiger charge is -2.13. The number of carbonyl (C=O) groups is 1. The Kier molecular flexibility index (Phi) is 6.16. The van der Waals surface area contributed by atoms with Gasteiger partial charge >= 0.3 is 0 Å². The van der Waals surface area contributed by atoms with E-state index in [1.165, 1.54) is 0 Å². The van der Waals surface area contributed by atoms with E-state index in [1.807, 2.05) is 74.5 Å². The summed E-state index contributed by atoms with van der Waals surface area (Å²) in [5, 5.41) is 12.1. The molecule has 0 fully saturated rings. The van der Waals surface area contributed by atoms with E-state index in [4.69, 9.17) is 4.74 Å². The molecule has 0 radical (unpaired) electrons. The van der Waals surface area contributed by atoms with Crippen LogP contribution in [0.2, 0.25) is 0 Å². The van der Waals surface area contributed by atoms with Gasteiger partial charge in [-0.15, -0.1) is 0 Å². The molecule has 122 valence electrons. The summed E-state index contributed by atoms with van der Waals surface area (Å²) in [4.78, 5) is 12.3. The predicted molar refractivity (Wildman–Crippen MR) is 94.2 cm³/mol. The molecule has 0 aliphatic rings. The first-order chi connectivity index (χ1) is 11.6. The zero-order valence-corrected chi connectivity index (χ0v) is 13.8. The van der Waals surface area contributed by atoms with Crippen molar-refractivity contribution in [2.75, 3.05) is 6.61 Å². The summed E-state index contributed by atoms with van der Waals surface area (Å²) in [7, 11) is 0. The Morgan fingerprint density at radius 3 is 2.46 bits per heavy atom. The molecule has 2 aromatic rings. The number of rotatable bonds is 6. The molecular weight excluding hydrogens is 300 g/mol. The van der Waals surface area contributed by atoms with E-state index >= 15 is 0 Å². The molecule has 1 amide bonds. The molecule has 0 heterocycles. The second kappa shape index (κ2) is 8.54. The minimum Gasteiger partial charge on any atom is -0.494 e. The average Bonchev–Trinajstić information content (AvgIpc) is 2.62. The van der Waals surface area contributed by atoms with Crippen LogP contribution < -0.4 is 10.1 Å².